The van der Waals surface area contributed by atoms with E-state index in [1.165, 1.54) is 14.2 Å². The number of nitrogens with one attached hydrogen (secondary N) is 1. The highest BCUT2D eigenvalue weighted by Crippen LogP contribution is 2.34. The zero-order chi connectivity index (χ0) is 17.0. The molecule has 1 amide bonds. The van der Waals surface area contributed by atoms with E-state index in [-0.39, 0.29) is 22.6 Å². The number of fused-ring (bicyclic) bond motifs is 1. The molecule has 23 heavy (non-hydrogen) atoms. The first-order valence-corrected chi connectivity index (χ1v) is 7.46. The number of carbonyl (C=O) groups excluding carboxylic acids is 2. The van der Waals surface area contributed by atoms with E-state index in [9.17, 15) is 19.5 Å². The Kier molecular flexibility index (Phi) is 5.17. The summed E-state index contributed by atoms with van der Waals surface area (Å²) in [7, 11) is 2.90. The number of carboxylic acid groups (broad SMARTS) is 1. The predicted molar refractivity (Wildman–Crippen MR) is 83.2 cm³/mol. The number of hydrogen-bond acceptors (Lipinski definition) is 7. The summed E-state index contributed by atoms with van der Waals surface area (Å²) in [6.45, 7) is -0.0634. The molecule has 0 saturated heterocycles. The molecule has 0 bridgehead atoms. The molecule has 1 aromatic carbocycles. The predicted octanol–water partition coefficient (Wildman–Crippen LogP) is 0.148. The Labute approximate surface area is 135 Å². The van der Waals surface area contributed by atoms with Gasteiger partial charge in [0.2, 0.25) is 4.74 Å². The number of hydrogen-bond donors (Lipinski definition) is 1. The van der Waals surface area contributed by atoms with Crippen LogP contribution in [0, 0.1) is 0 Å². The van der Waals surface area contributed by atoms with Crippen molar-refractivity contribution >= 4 is 34.0 Å². The lowest BCUT2D eigenvalue weighted by Crippen LogP contribution is -2.31. The topological polar surface area (TPSA) is 105 Å². The molecule has 0 radical (unpaired) electrons. The molecule has 2 rings (SSSR count). The standard InChI is InChI=1S/C15H15NO6S/c1-21-9-4-3-8-7-10(14(19)16-6-5-11(17)18)23-15(20)12(8)13(9)22-2/h3-4,7H,5-6H2,1-2H3,(H,16,19)(H,17,18)/p-1. The molecule has 0 aliphatic heterocycles. The molecule has 0 aliphatic rings. The van der Waals surface area contributed by atoms with Crippen molar-refractivity contribution in [1.29, 1.82) is 0 Å². The van der Waals surface area contributed by atoms with Gasteiger partial charge in [-0.15, -0.1) is 0 Å². The number of ether oxygens (including phenoxy) is 2. The van der Waals surface area contributed by atoms with Crippen molar-refractivity contribution in [1.82, 2.24) is 5.32 Å². The monoisotopic (exact) mass is 336 g/mol. The molecule has 1 N–H and O–H groups in total. The van der Waals surface area contributed by atoms with Gasteiger partial charge < -0.3 is 24.7 Å². The van der Waals surface area contributed by atoms with Gasteiger partial charge in [-0.25, -0.2) is 0 Å². The average molecular weight is 336 g/mol. The van der Waals surface area contributed by atoms with Crippen LogP contribution in [-0.2, 0) is 4.79 Å². The molecule has 0 spiro atoms. The maximum Gasteiger partial charge on any atom is 0.261 e. The fourth-order valence-corrected chi connectivity index (χ4v) is 2.93. The molecule has 0 saturated carbocycles. The van der Waals surface area contributed by atoms with Gasteiger partial charge in [0.15, 0.2) is 11.5 Å². The Hall–Kier alpha value is -2.61. The SMILES string of the molecule is COc1ccc2cc(C(=O)NCCC(=O)[O-])sc(=O)c2c1OC. The first-order chi connectivity index (χ1) is 11.0. The van der Waals surface area contributed by atoms with Gasteiger partial charge in [0.05, 0.1) is 24.5 Å². The average Bonchev–Trinajstić information content (AvgIpc) is 2.52. The number of aliphatic carboxylic acids is 1. The molecule has 0 fully saturated rings. The fourth-order valence-electron chi connectivity index (χ4n) is 2.07. The van der Waals surface area contributed by atoms with Crippen molar-refractivity contribution in [2.45, 2.75) is 6.42 Å². The fraction of sp³-hybridized carbons (Fsp3) is 0.267. The number of carboxylic acids is 1. The summed E-state index contributed by atoms with van der Waals surface area (Å²) in [6.07, 6.45) is -0.292. The third kappa shape index (κ3) is 3.59. The van der Waals surface area contributed by atoms with Gasteiger partial charge in [0.1, 0.15) is 0 Å². The van der Waals surface area contributed by atoms with Gasteiger partial charge in [-0.2, -0.15) is 0 Å². The molecule has 0 unspecified atom stereocenters. The second-order valence-electron chi connectivity index (χ2n) is 4.54. The van der Waals surface area contributed by atoms with Crippen LogP contribution in [0.1, 0.15) is 16.1 Å². The zero-order valence-corrected chi connectivity index (χ0v) is 13.3. The Bertz CT molecular complexity index is 813. The van der Waals surface area contributed by atoms with E-state index in [1.807, 2.05) is 0 Å². The van der Waals surface area contributed by atoms with Crippen molar-refractivity contribution in [3.63, 3.8) is 0 Å². The lowest BCUT2D eigenvalue weighted by atomic mass is 10.1. The van der Waals surface area contributed by atoms with E-state index in [1.54, 1.807) is 18.2 Å². The van der Waals surface area contributed by atoms with Gasteiger partial charge in [0.25, 0.3) is 5.91 Å². The van der Waals surface area contributed by atoms with Crippen LogP contribution in [0.4, 0.5) is 0 Å². The first kappa shape index (κ1) is 16.8. The lowest BCUT2D eigenvalue weighted by Gasteiger charge is -2.11. The second kappa shape index (κ2) is 7.10. The highest BCUT2D eigenvalue weighted by molar-refractivity contribution is 7.12. The minimum atomic E-state index is -1.26. The minimum absolute atomic E-state index is 0.0634. The van der Waals surface area contributed by atoms with Crippen molar-refractivity contribution < 1.29 is 24.2 Å². The highest BCUT2D eigenvalue weighted by atomic mass is 32.1. The Morgan fingerprint density at radius 3 is 2.61 bits per heavy atom. The normalized spacial score (nSPS) is 10.3. The van der Waals surface area contributed by atoms with Crippen LogP contribution in [0.15, 0.2) is 23.0 Å². The first-order valence-electron chi connectivity index (χ1n) is 6.64. The molecule has 1 heterocycles. The molecular weight excluding hydrogens is 322 g/mol. The van der Waals surface area contributed by atoms with E-state index < -0.39 is 11.9 Å². The van der Waals surface area contributed by atoms with E-state index in [2.05, 4.69) is 5.32 Å². The van der Waals surface area contributed by atoms with Crippen LogP contribution in [0.25, 0.3) is 10.8 Å². The molecule has 122 valence electrons. The smallest absolute Gasteiger partial charge is 0.261 e. The highest BCUT2D eigenvalue weighted by Gasteiger charge is 2.16. The number of methoxy groups -OCH3 is 2. The number of amides is 1. The molecule has 0 aliphatic carbocycles. The van der Waals surface area contributed by atoms with Gasteiger partial charge in [-0.3, -0.25) is 9.59 Å². The summed E-state index contributed by atoms with van der Waals surface area (Å²) in [5, 5.41) is 13.6. The number of rotatable bonds is 6. The third-order valence-corrected chi connectivity index (χ3v) is 4.02. The summed E-state index contributed by atoms with van der Waals surface area (Å²) in [5.74, 6) is -1.02. The number of benzene rings is 1. The molecule has 8 heteroatoms. The van der Waals surface area contributed by atoms with Gasteiger partial charge in [-0.1, -0.05) is 17.4 Å². The lowest BCUT2D eigenvalue weighted by molar-refractivity contribution is -0.305. The summed E-state index contributed by atoms with van der Waals surface area (Å²) >= 11 is 0.756. The summed E-state index contributed by atoms with van der Waals surface area (Å²) < 4.78 is 10.0. The van der Waals surface area contributed by atoms with Gasteiger partial charge in [0, 0.05) is 18.9 Å². The van der Waals surface area contributed by atoms with Crippen molar-refractivity contribution in [2.24, 2.45) is 0 Å². The molecular formula is C15H14NO6S-. The van der Waals surface area contributed by atoms with Crippen LogP contribution < -0.4 is 24.6 Å². The van der Waals surface area contributed by atoms with Crippen LogP contribution in [0.3, 0.4) is 0 Å². The van der Waals surface area contributed by atoms with E-state index in [0.29, 0.717) is 22.3 Å². The van der Waals surface area contributed by atoms with E-state index in [4.69, 9.17) is 9.47 Å². The van der Waals surface area contributed by atoms with E-state index >= 15 is 0 Å². The molecule has 1 aromatic heterocycles. The molecule has 7 nitrogen and oxygen atoms in total. The summed E-state index contributed by atoms with van der Waals surface area (Å²) in [6, 6.07) is 4.85. The maximum absolute atomic E-state index is 12.3. The Balaban J connectivity index is 2.41. The van der Waals surface area contributed by atoms with Crippen molar-refractivity contribution in [3.05, 3.63) is 32.6 Å². The largest absolute Gasteiger partial charge is 0.550 e. The summed E-state index contributed by atoms with van der Waals surface area (Å²) in [4.78, 5) is 34.9. The van der Waals surface area contributed by atoms with Crippen LogP contribution in [-0.4, -0.2) is 32.6 Å². The van der Waals surface area contributed by atoms with Gasteiger partial charge in [-0.05, 0) is 17.5 Å². The Morgan fingerprint density at radius 2 is 2.00 bits per heavy atom. The quantitative estimate of drug-likeness (QED) is 0.805. The molecule has 2 aromatic rings. The van der Waals surface area contributed by atoms with Crippen molar-refractivity contribution in [3.8, 4) is 11.5 Å². The zero-order valence-electron chi connectivity index (χ0n) is 12.5. The van der Waals surface area contributed by atoms with Crippen LogP contribution in [0.5, 0.6) is 11.5 Å². The van der Waals surface area contributed by atoms with E-state index in [0.717, 1.165) is 11.3 Å². The second-order valence-corrected chi connectivity index (χ2v) is 5.56. The van der Waals surface area contributed by atoms with Crippen molar-refractivity contribution in [2.75, 3.05) is 20.8 Å². The third-order valence-electron chi connectivity index (χ3n) is 3.11. The number of carbonyl (C=O) groups is 2. The van der Waals surface area contributed by atoms with Gasteiger partial charge >= 0.3 is 0 Å². The maximum atomic E-state index is 12.3. The Morgan fingerprint density at radius 1 is 1.26 bits per heavy atom. The minimum Gasteiger partial charge on any atom is -0.550 e. The van der Waals surface area contributed by atoms with Crippen LogP contribution in [0.2, 0.25) is 0 Å². The van der Waals surface area contributed by atoms with Crippen LogP contribution >= 0.6 is 11.3 Å². The summed E-state index contributed by atoms with van der Waals surface area (Å²) in [5.41, 5.74) is 0. The molecule has 0 atom stereocenters.